The molecular weight excluding hydrogens is 318 g/mol. The maximum absolute atomic E-state index is 12.4. The van der Waals surface area contributed by atoms with Gasteiger partial charge >= 0.3 is 5.97 Å². The Morgan fingerprint density at radius 3 is 2.65 bits per heavy atom. The zero-order valence-corrected chi connectivity index (χ0v) is 14.0. The first-order chi connectivity index (χ1) is 10.8. The van der Waals surface area contributed by atoms with Crippen LogP contribution in [-0.4, -0.2) is 29.3 Å². The molecule has 1 atom stereocenters. The number of aromatic nitrogens is 2. The van der Waals surface area contributed by atoms with Crippen molar-refractivity contribution in [3.05, 3.63) is 47.3 Å². The maximum atomic E-state index is 12.4. The monoisotopic (exact) mass is 337 g/mol. The van der Waals surface area contributed by atoms with Crippen molar-refractivity contribution in [2.75, 3.05) is 0 Å². The van der Waals surface area contributed by atoms with Gasteiger partial charge in [0.15, 0.2) is 0 Å². The fourth-order valence-electron chi connectivity index (χ4n) is 2.21. The van der Waals surface area contributed by atoms with Gasteiger partial charge in [-0.2, -0.15) is 9.82 Å². The third-order valence-electron chi connectivity index (χ3n) is 3.72. The van der Waals surface area contributed by atoms with Crippen molar-refractivity contribution >= 4 is 16.0 Å². The molecule has 0 bridgehead atoms. The van der Waals surface area contributed by atoms with E-state index < -0.39 is 22.0 Å². The van der Waals surface area contributed by atoms with E-state index in [4.69, 9.17) is 0 Å². The Morgan fingerprint density at radius 1 is 1.39 bits per heavy atom. The molecule has 124 valence electrons. The summed E-state index contributed by atoms with van der Waals surface area (Å²) in [5.41, 5.74) is 2.06. The lowest BCUT2D eigenvalue weighted by atomic mass is 9.98. The molecule has 0 radical (unpaired) electrons. The Morgan fingerprint density at radius 2 is 2.09 bits per heavy atom. The minimum Gasteiger partial charge on any atom is -0.480 e. The Labute approximate surface area is 135 Å². The van der Waals surface area contributed by atoms with Gasteiger partial charge in [0, 0.05) is 12.7 Å². The van der Waals surface area contributed by atoms with E-state index in [1.807, 2.05) is 19.9 Å². The highest BCUT2D eigenvalue weighted by Crippen LogP contribution is 2.23. The van der Waals surface area contributed by atoms with E-state index in [-0.39, 0.29) is 4.90 Å². The van der Waals surface area contributed by atoms with Gasteiger partial charge in [0.1, 0.15) is 10.9 Å². The number of benzene rings is 1. The molecule has 0 saturated carbocycles. The summed E-state index contributed by atoms with van der Waals surface area (Å²) in [6, 6.07) is 3.80. The summed E-state index contributed by atoms with van der Waals surface area (Å²) in [7, 11) is -3.99. The van der Waals surface area contributed by atoms with Crippen molar-refractivity contribution < 1.29 is 18.3 Å². The Balaban J connectivity index is 2.40. The molecule has 0 spiro atoms. The number of nitrogens with zero attached hydrogens (tertiary/aromatic N) is 2. The van der Waals surface area contributed by atoms with Crippen LogP contribution in [0.25, 0.3) is 0 Å². The van der Waals surface area contributed by atoms with E-state index in [9.17, 15) is 18.3 Å². The Hall–Kier alpha value is -2.19. The molecule has 23 heavy (non-hydrogen) atoms. The van der Waals surface area contributed by atoms with Gasteiger partial charge in [-0.05, 0) is 37.5 Å². The Kier molecular flexibility index (Phi) is 4.86. The Bertz CT molecular complexity index is 827. The number of aliphatic carboxylic acids is 1. The third kappa shape index (κ3) is 3.59. The molecule has 0 aliphatic heterocycles. The predicted molar refractivity (Wildman–Crippen MR) is 84.5 cm³/mol. The van der Waals surface area contributed by atoms with Crippen LogP contribution < -0.4 is 4.72 Å². The van der Waals surface area contributed by atoms with Crippen LogP contribution in [0.5, 0.6) is 0 Å². The smallest absolute Gasteiger partial charge is 0.326 e. The molecule has 2 N–H and O–H groups in total. The van der Waals surface area contributed by atoms with Crippen molar-refractivity contribution in [2.45, 2.75) is 38.3 Å². The van der Waals surface area contributed by atoms with Crippen LogP contribution in [0.2, 0.25) is 0 Å². The van der Waals surface area contributed by atoms with Crippen molar-refractivity contribution in [1.29, 1.82) is 0 Å². The van der Waals surface area contributed by atoms with E-state index in [1.165, 1.54) is 17.1 Å². The molecule has 1 aromatic carbocycles. The molecule has 1 aromatic heterocycles. The van der Waals surface area contributed by atoms with Crippen LogP contribution in [0.1, 0.15) is 29.7 Å². The standard InChI is InChI=1S/C15H19N3O4S/c1-4-18-9-12(8-16-18)23(21,22)17-14(15(19)20)13-7-5-6-10(2)11(13)3/h5-9,14,17H,4H2,1-3H3,(H,19,20). The van der Waals surface area contributed by atoms with E-state index >= 15 is 0 Å². The normalized spacial score (nSPS) is 13.0. The second-order valence-corrected chi connectivity index (χ2v) is 6.93. The molecule has 2 rings (SSSR count). The molecule has 8 heteroatoms. The highest BCUT2D eigenvalue weighted by atomic mass is 32.2. The van der Waals surface area contributed by atoms with E-state index in [1.54, 1.807) is 19.1 Å². The predicted octanol–water partition coefficient (Wildman–Crippen LogP) is 1.62. The minimum atomic E-state index is -3.99. The lowest BCUT2D eigenvalue weighted by Crippen LogP contribution is -2.34. The number of nitrogens with one attached hydrogen (secondary N) is 1. The average Bonchev–Trinajstić information content (AvgIpc) is 2.98. The molecular formula is C15H19N3O4S. The molecule has 0 amide bonds. The fourth-order valence-corrected chi connectivity index (χ4v) is 3.33. The molecule has 1 unspecified atom stereocenters. The molecule has 0 aliphatic rings. The summed E-state index contributed by atoms with van der Waals surface area (Å²) < 4.78 is 28.5. The van der Waals surface area contributed by atoms with E-state index in [2.05, 4.69) is 9.82 Å². The van der Waals surface area contributed by atoms with Crippen molar-refractivity contribution in [1.82, 2.24) is 14.5 Å². The largest absolute Gasteiger partial charge is 0.480 e. The van der Waals surface area contributed by atoms with Gasteiger partial charge in [0.2, 0.25) is 10.0 Å². The van der Waals surface area contributed by atoms with Gasteiger partial charge in [-0.15, -0.1) is 0 Å². The number of rotatable bonds is 6. The summed E-state index contributed by atoms with van der Waals surface area (Å²) >= 11 is 0. The van der Waals surface area contributed by atoms with Crippen LogP contribution in [-0.2, 0) is 21.4 Å². The summed E-state index contributed by atoms with van der Waals surface area (Å²) in [5, 5.41) is 13.4. The number of aryl methyl sites for hydroxylation is 2. The number of carboxylic acids is 1. The lowest BCUT2D eigenvalue weighted by Gasteiger charge is -2.17. The molecule has 1 heterocycles. The first-order valence-electron chi connectivity index (χ1n) is 7.10. The number of hydrogen-bond acceptors (Lipinski definition) is 4. The van der Waals surface area contributed by atoms with Gasteiger partial charge in [-0.1, -0.05) is 18.2 Å². The summed E-state index contributed by atoms with van der Waals surface area (Å²) in [4.78, 5) is 11.5. The van der Waals surface area contributed by atoms with Gasteiger partial charge in [0.05, 0.1) is 6.20 Å². The number of carboxylic acid groups (broad SMARTS) is 1. The molecule has 0 saturated heterocycles. The quantitative estimate of drug-likeness (QED) is 0.834. The second-order valence-electron chi connectivity index (χ2n) is 5.21. The zero-order valence-electron chi connectivity index (χ0n) is 13.1. The van der Waals surface area contributed by atoms with Crippen LogP contribution in [0, 0.1) is 13.8 Å². The summed E-state index contributed by atoms with van der Waals surface area (Å²) in [6.07, 6.45) is 2.57. The lowest BCUT2D eigenvalue weighted by molar-refractivity contribution is -0.139. The topological polar surface area (TPSA) is 101 Å². The minimum absolute atomic E-state index is 0.0593. The van der Waals surface area contributed by atoms with Gasteiger partial charge < -0.3 is 5.11 Å². The van der Waals surface area contributed by atoms with Crippen LogP contribution >= 0.6 is 0 Å². The third-order valence-corrected chi connectivity index (χ3v) is 5.10. The SMILES string of the molecule is CCn1cc(S(=O)(=O)NC(C(=O)O)c2cccc(C)c2C)cn1. The first kappa shape index (κ1) is 17.2. The summed E-state index contributed by atoms with van der Waals surface area (Å²) in [6.45, 7) is 5.96. The van der Waals surface area contributed by atoms with Crippen molar-refractivity contribution in [2.24, 2.45) is 0 Å². The van der Waals surface area contributed by atoms with E-state index in [0.29, 0.717) is 12.1 Å². The van der Waals surface area contributed by atoms with Gasteiger partial charge in [-0.3, -0.25) is 9.48 Å². The number of carbonyl (C=O) groups is 1. The van der Waals surface area contributed by atoms with Crippen molar-refractivity contribution in [3.8, 4) is 0 Å². The highest BCUT2D eigenvalue weighted by Gasteiger charge is 2.29. The molecule has 0 fully saturated rings. The van der Waals surface area contributed by atoms with Crippen LogP contribution in [0.3, 0.4) is 0 Å². The van der Waals surface area contributed by atoms with Crippen LogP contribution in [0.15, 0.2) is 35.5 Å². The maximum Gasteiger partial charge on any atom is 0.326 e. The highest BCUT2D eigenvalue weighted by molar-refractivity contribution is 7.89. The molecule has 7 nitrogen and oxygen atoms in total. The fraction of sp³-hybridized carbons (Fsp3) is 0.333. The molecule has 0 aliphatic carbocycles. The summed E-state index contributed by atoms with van der Waals surface area (Å²) in [5.74, 6) is -1.26. The van der Waals surface area contributed by atoms with Gasteiger partial charge in [0.25, 0.3) is 0 Å². The van der Waals surface area contributed by atoms with Crippen LogP contribution in [0.4, 0.5) is 0 Å². The second kappa shape index (κ2) is 6.51. The number of hydrogen-bond donors (Lipinski definition) is 2. The molecule has 2 aromatic rings. The average molecular weight is 337 g/mol. The van der Waals surface area contributed by atoms with Crippen molar-refractivity contribution in [3.63, 3.8) is 0 Å². The first-order valence-corrected chi connectivity index (χ1v) is 8.58. The van der Waals surface area contributed by atoms with Gasteiger partial charge in [-0.25, -0.2) is 8.42 Å². The zero-order chi connectivity index (χ0) is 17.2. The van der Waals surface area contributed by atoms with E-state index in [0.717, 1.165) is 11.1 Å². The number of sulfonamides is 1.